The molecule has 3 aromatic carbocycles. The predicted octanol–water partition coefficient (Wildman–Crippen LogP) is 5.26. The molecule has 2 heterocycles. The Hall–Kier alpha value is -2.47. The second-order valence-electron chi connectivity index (χ2n) is 10.4. The van der Waals surface area contributed by atoms with E-state index in [0.29, 0.717) is 23.4 Å². The Kier molecular flexibility index (Phi) is 6.36. The first-order valence-electron chi connectivity index (χ1n) is 12.3. The number of rotatable bonds is 8. The number of sulfonamides is 1. The van der Waals surface area contributed by atoms with Crippen LogP contribution in [0.4, 0.5) is 0 Å². The van der Waals surface area contributed by atoms with Crippen LogP contribution in [0.3, 0.4) is 0 Å². The molecule has 3 aromatic rings. The molecule has 2 unspecified atom stereocenters. The monoisotopic (exact) mass is 474 g/mol. The zero-order chi connectivity index (χ0) is 23.7. The highest BCUT2D eigenvalue weighted by Gasteiger charge is 2.45. The van der Waals surface area contributed by atoms with Crippen LogP contribution in [0.25, 0.3) is 0 Å². The van der Waals surface area contributed by atoms with Gasteiger partial charge in [-0.3, -0.25) is 0 Å². The maximum Gasteiger partial charge on any atom is 0.240 e. The summed E-state index contributed by atoms with van der Waals surface area (Å²) in [5, 5.41) is 3.83. The predicted molar refractivity (Wildman–Crippen MR) is 137 cm³/mol. The summed E-state index contributed by atoms with van der Waals surface area (Å²) >= 11 is 0. The van der Waals surface area contributed by atoms with Crippen LogP contribution in [0.15, 0.2) is 95.9 Å². The van der Waals surface area contributed by atoms with Crippen LogP contribution in [-0.4, -0.2) is 26.5 Å². The molecule has 0 aromatic heterocycles. The van der Waals surface area contributed by atoms with Crippen molar-refractivity contribution in [2.75, 3.05) is 6.54 Å². The number of nitrogens with one attached hydrogen (secondary N) is 2. The van der Waals surface area contributed by atoms with E-state index < -0.39 is 15.4 Å². The van der Waals surface area contributed by atoms with Gasteiger partial charge in [0.1, 0.15) is 0 Å². The van der Waals surface area contributed by atoms with Gasteiger partial charge in [0, 0.05) is 23.5 Å². The molecule has 5 heteroatoms. The van der Waals surface area contributed by atoms with Crippen LogP contribution >= 0.6 is 0 Å². The lowest BCUT2D eigenvalue weighted by Gasteiger charge is -2.43. The Labute approximate surface area is 203 Å². The molecule has 0 radical (unpaired) electrons. The van der Waals surface area contributed by atoms with Gasteiger partial charge in [0.2, 0.25) is 10.0 Å². The van der Waals surface area contributed by atoms with Crippen molar-refractivity contribution in [3.8, 4) is 0 Å². The van der Waals surface area contributed by atoms with E-state index in [1.54, 1.807) is 24.3 Å². The summed E-state index contributed by atoms with van der Waals surface area (Å²) in [4.78, 5) is 0.303. The van der Waals surface area contributed by atoms with E-state index in [1.165, 1.54) is 12.8 Å². The summed E-state index contributed by atoms with van der Waals surface area (Å²) in [5.41, 5.74) is 2.05. The minimum Gasteiger partial charge on any atom is -0.309 e. The van der Waals surface area contributed by atoms with Gasteiger partial charge < -0.3 is 5.32 Å². The quantitative estimate of drug-likeness (QED) is 0.468. The maximum absolute atomic E-state index is 13.3. The molecule has 2 saturated heterocycles. The van der Waals surface area contributed by atoms with Gasteiger partial charge >= 0.3 is 0 Å². The molecule has 2 bridgehead atoms. The van der Waals surface area contributed by atoms with Crippen molar-refractivity contribution >= 4 is 10.0 Å². The smallest absolute Gasteiger partial charge is 0.240 e. The molecule has 2 fully saturated rings. The Morgan fingerprint density at radius 3 is 2.03 bits per heavy atom. The number of fused-ring (bicyclic) bond motifs is 2. The van der Waals surface area contributed by atoms with Gasteiger partial charge in [-0.05, 0) is 68.2 Å². The SMILES string of the molecule is C[C@]12CCC(CC(CC(CNS(=O)(=O)c3ccccc3)(c3ccccc3)c3ccccc3)C1)N2. The zero-order valence-corrected chi connectivity index (χ0v) is 20.6. The maximum atomic E-state index is 13.3. The highest BCUT2D eigenvalue weighted by molar-refractivity contribution is 7.89. The van der Waals surface area contributed by atoms with Crippen LogP contribution in [0.2, 0.25) is 0 Å². The van der Waals surface area contributed by atoms with Crippen molar-refractivity contribution in [3.63, 3.8) is 0 Å². The second kappa shape index (κ2) is 9.29. The number of hydrogen-bond donors (Lipinski definition) is 2. The van der Waals surface area contributed by atoms with Crippen molar-refractivity contribution in [1.29, 1.82) is 0 Å². The second-order valence-corrected chi connectivity index (χ2v) is 12.2. The molecular formula is C29H34N2O2S. The topological polar surface area (TPSA) is 58.2 Å². The Bertz CT molecular complexity index is 1160. The molecule has 178 valence electrons. The third-order valence-corrected chi connectivity index (χ3v) is 9.28. The summed E-state index contributed by atoms with van der Waals surface area (Å²) in [6.07, 6.45) is 5.63. The van der Waals surface area contributed by atoms with Gasteiger partial charge in [0.15, 0.2) is 0 Å². The van der Waals surface area contributed by atoms with Crippen molar-refractivity contribution in [2.24, 2.45) is 5.92 Å². The van der Waals surface area contributed by atoms with Crippen LogP contribution in [-0.2, 0) is 15.4 Å². The lowest BCUT2D eigenvalue weighted by atomic mass is 9.66. The molecule has 0 amide bonds. The van der Waals surface area contributed by atoms with E-state index >= 15 is 0 Å². The molecule has 5 rings (SSSR count). The molecule has 0 spiro atoms. The van der Waals surface area contributed by atoms with Crippen molar-refractivity contribution in [1.82, 2.24) is 10.0 Å². The normalized spacial score (nSPS) is 24.7. The molecule has 4 nitrogen and oxygen atoms in total. The van der Waals surface area contributed by atoms with E-state index in [0.717, 1.165) is 30.4 Å². The first-order valence-corrected chi connectivity index (χ1v) is 13.8. The fourth-order valence-electron chi connectivity index (χ4n) is 6.33. The van der Waals surface area contributed by atoms with E-state index in [4.69, 9.17) is 0 Å². The highest BCUT2D eigenvalue weighted by Crippen LogP contribution is 2.46. The number of piperidine rings is 1. The molecule has 2 aliphatic heterocycles. The molecule has 2 N–H and O–H groups in total. The fraction of sp³-hybridized carbons (Fsp3) is 0.379. The van der Waals surface area contributed by atoms with Gasteiger partial charge in [-0.25, -0.2) is 13.1 Å². The molecular weight excluding hydrogens is 440 g/mol. The summed E-state index contributed by atoms with van der Waals surface area (Å²) in [6.45, 7) is 2.67. The summed E-state index contributed by atoms with van der Waals surface area (Å²) < 4.78 is 29.6. The summed E-state index contributed by atoms with van der Waals surface area (Å²) in [6, 6.07) is 30.2. The molecule has 0 aliphatic carbocycles. The molecule has 34 heavy (non-hydrogen) atoms. The van der Waals surface area contributed by atoms with Crippen molar-refractivity contribution in [3.05, 3.63) is 102 Å². The van der Waals surface area contributed by atoms with Crippen molar-refractivity contribution in [2.45, 2.75) is 60.9 Å². The Balaban J connectivity index is 1.55. The van der Waals surface area contributed by atoms with Gasteiger partial charge in [-0.1, -0.05) is 78.9 Å². The van der Waals surface area contributed by atoms with Crippen LogP contribution in [0.5, 0.6) is 0 Å². The van der Waals surface area contributed by atoms with Crippen LogP contribution in [0, 0.1) is 5.92 Å². The average molecular weight is 475 g/mol. The van der Waals surface area contributed by atoms with Gasteiger partial charge in [-0.15, -0.1) is 0 Å². The first-order chi connectivity index (χ1) is 16.4. The minimum absolute atomic E-state index is 0.191. The molecule has 3 atom stereocenters. The lowest BCUT2D eigenvalue weighted by Crippen LogP contribution is -2.50. The standard InChI is InChI=1S/C29H34N2O2S/c1-28-18-17-26(31-28)19-23(20-28)21-29(24-11-5-2-6-12-24,25-13-7-3-8-14-25)22-30-34(32,33)27-15-9-4-10-16-27/h2-16,23,26,30-31H,17-22H2,1H3/t23?,26?,28-/m0/s1. The zero-order valence-electron chi connectivity index (χ0n) is 19.8. The van der Waals surface area contributed by atoms with Crippen molar-refractivity contribution < 1.29 is 8.42 Å². The van der Waals surface area contributed by atoms with E-state index in [2.05, 4.69) is 65.5 Å². The minimum atomic E-state index is -3.63. The fourth-order valence-corrected chi connectivity index (χ4v) is 7.45. The van der Waals surface area contributed by atoms with Gasteiger partial charge in [0.25, 0.3) is 0 Å². The summed E-state index contributed by atoms with van der Waals surface area (Å²) in [5.74, 6) is 0.514. The number of benzene rings is 3. The van der Waals surface area contributed by atoms with Gasteiger partial charge in [0.05, 0.1) is 4.90 Å². The lowest BCUT2D eigenvalue weighted by molar-refractivity contribution is 0.193. The molecule has 2 aliphatic rings. The van der Waals surface area contributed by atoms with E-state index in [1.807, 2.05) is 18.2 Å². The van der Waals surface area contributed by atoms with Gasteiger partial charge in [-0.2, -0.15) is 0 Å². The number of hydrogen-bond acceptors (Lipinski definition) is 3. The Morgan fingerprint density at radius 1 is 0.912 bits per heavy atom. The third kappa shape index (κ3) is 4.70. The average Bonchev–Trinajstić information content (AvgIpc) is 3.15. The van der Waals surface area contributed by atoms with Crippen LogP contribution in [0.1, 0.15) is 50.2 Å². The van der Waals surface area contributed by atoms with Crippen LogP contribution < -0.4 is 10.0 Å². The highest BCUT2D eigenvalue weighted by atomic mass is 32.2. The third-order valence-electron chi connectivity index (χ3n) is 7.86. The van der Waals surface area contributed by atoms with E-state index in [-0.39, 0.29) is 5.54 Å². The Morgan fingerprint density at radius 2 is 1.47 bits per heavy atom. The summed E-state index contributed by atoms with van der Waals surface area (Å²) in [7, 11) is -3.63. The van der Waals surface area contributed by atoms with E-state index in [9.17, 15) is 8.42 Å². The molecule has 0 saturated carbocycles. The largest absolute Gasteiger partial charge is 0.309 e. The first kappa shape index (κ1) is 23.3.